The van der Waals surface area contributed by atoms with E-state index in [2.05, 4.69) is 4.98 Å². The smallest absolute Gasteiger partial charge is 0.182 e. The first kappa shape index (κ1) is 14.9. The summed E-state index contributed by atoms with van der Waals surface area (Å²) in [6, 6.07) is 11.4. The number of imidazole rings is 1. The fourth-order valence-corrected chi connectivity index (χ4v) is 2.93. The number of ether oxygens (including phenoxy) is 2. The van der Waals surface area contributed by atoms with E-state index in [1.807, 2.05) is 41.8 Å². The fraction of sp³-hybridized carbons (Fsp3) is 0.188. The van der Waals surface area contributed by atoms with E-state index in [1.54, 1.807) is 13.2 Å². The van der Waals surface area contributed by atoms with Gasteiger partial charge in [-0.25, -0.2) is 0 Å². The lowest BCUT2D eigenvalue weighted by Gasteiger charge is -2.08. The van der Waals surface area contributed by atoms with Gasteiger partial charge in [-0.15, -0.1) is 0 Å². The lowest BCUT2D eigenvalue weighted by atomic mass is 10.2. The Balaban J connectivity index is 2.20. The first-order valence-electron chi connectivity index (χ1n) is 6.85. The highest BCUT2D eigenvalue weighted by atomic mass is 35.5. The van der Waals surface area contributed by atoms with E-state index in [0.717, 1.165) is 22.5 Å². The Morgan fingerprint density at radius 3 is 2.59 bits per heavy atom. The summed E-state index contributed by atoms with van der Waals surface area (Å²) in [6.45, 7) is 2.59. The number of nitrogens with one attached hydrogen (secondary N) is 1. The molecule has 3 aromatic rings. The maximum atomic E-state index is 6.18. The fourth-order valence-electron chi connectivity index (χ4n) is 2.42. The van der Waals surface area contributed by atoms with Gasteiger partial charge in [0.25, 0.3) is 0 Å². The summed E-state index contributed by atoms with van der Waals surface area (Å²) in [5, 5.41) is 0.595. The second-order valence-corrected chi connectivity index (χ2v) is 5.52. The van der Waals surface area contributed by atoms with Crippen molar-refractivity contribution in [3.8, 4) is 17.2 Å². The van der Waals surface area contributed by atoms with Gasteiger partial charge in [0, 0.05) is 16.8 Å². The third-order valence-corrected chi connectivity index (χ3v) is 3.85. The summed E-state index contributed by atoms with van der Waals surface area (Å²) in [4.78, 5) is 3.17. The summed E-state index contributed by atoms with van der Waals surface area (Å²) >= 11 is 11.6. The Labute approximate surface area is 138 Å². The van der Waals surface area contributed by atoms with Gasteiger partial charge in [-0.1, -0.05) is 11.6 Å². The van der Waals surface area contributed by atoms with Crippen LogP contribution >= 0.6 is 23.8 Å². The molecule has 1 N–H and O–H groups in total. The molecule has 4 nitrogen and oxygen atoms in total. The molecule has 3 rings (SSSR count). The Morgan fingerprint density at radius 2 is 1.95 bits per heavy atom. The van der Waals surface area contributed by atoms with E-state index < -0.39 is 0 Å². The van der Waals surface area contributed by atoms with Crippen LogP contribution in [0.2, 0.25) is 5.02 Å². The highest BCUT2D eigenvalue weighted by molar-refractivity contribution is 7.71. The van der Waals surface area contributed by atoms with Crippen molar-refractivity contribution in [3.63, 3.8) is 0 Å². The highest BCUT2D eigenvalue weighted by Crippen LogP contribution is 2.31. The van der Waals surface area contributed by atoms with Crippen molar-refractivity contribution in [2.24, 2.45) is 0 Å². The molecule has 0 aliphatic rings. The Kier molecular flexibility index (Phi) is 4.09. The number of benzene rings is 2. The molecule has 0 aliphatic heterocycles. The average molecular weight is 335 g/mol. The van der Waals surface area contributed by atoms with Crippen LogP contribution in [0.5, 0.6) is 11.5 Å². The molecule has 0 saturated carbocycles. The quantitative estimate of drug-likeness (QED) is 0.700. The standard InChI is InChI=1S/C16H15ClN2O2S/c1-3-21-12-6-4-11(5-7-12)19-13-8-10(17)9-14(20-2)15(13)18-16(19)22/h4-9H,3H2,1-2H3,(H,18,22). The average Bonchev–Trinajstić information content (AvgIpc) is 2.83. The van der Waals surface area contributed by atoms with Gasteiger partial charge in [-0.2, -0.15) is 0 Å². The molecule has 0 amide bonds. The van der Waals surface area contributed by atoms with Crippen molar-refractivity contribution < 1.29 is 9.47 Å². The zero-order chi connectivity index (χ0) is 15.7. The number of aromatic nitrogens is 2. The van der Waals surface area contributed by atoms with Crippen LogP contribution in [0.1, 0.15) is 6.92 Å². The molecular formula is C16H15ClN2O2S. The molecule has 6 heteroatoms. The molecule has 0 bridgehead atoms. The molecule has 0 fully saturated rings. The van der Waals surface area contributed by atoms with E-state index in [1.165, 1.54) is 0 Å². The number of aromatic amines is 1. The minimum absolute atomic E-state index is 0.583. The number of methoxy groups -OCH3 is 1. The number of nitrogens with zero attached hydrogens (tertiary/aromatic N) is 1. The third-order valence-electron chi connectivity index (χ3n) is 3.35. The number of H-pyrrole nitrogens is 1. The van der Waals surface area contributed by atoms with Gasteiger partial charge in [0.1, 0.15) is 17.0 Å². The van der Waals surface area contributed by atoms with Crippen LogP contribution in [0.15, 0.2) is 36.4 Å². The monoisotopic (exact) mass is 334 g/mol. The molecule has 2 aromatic carbocycles. The second kappa shape index (κ2) is 6.02. The molecule has 0 radical (unpaired) electrons. The topological polar surface area (TPSA) is 39.2 Å². The van der Waals surface area contributed by atoms with Crippen LogP contribution in [0.4, 0.5) is 0 Å². The van der Waals surface area contributed by atoms with E-state index in [-0.39, 0.29) is 0 Å². The first-order valence-corrected chi connectivity index (χ1v) is 7.64. The summed E-state index contributed by atoms with van der Waals surface area (Å²) in [7, 11) is 1.61. The largest absolute Gasteiger partial charge is 0.494 e. The van der Waals surface area contributed by atoms with Crippen molar-refractivity contribution in [2.75, 3.05) is 13.7 Å². The normalized spacial score (nSPS) is 10.9. The van der Waals surface area contributed by atoms with Crippen LogP contribution in [-0.4, -0.2) is 23.3 Å². The molecular weight excluding hydrogens is 320 g/mol. The van der Waals surface area contributed by atoms with Gasteiger partial charge in [0.15, 0.2) is 4.77 Å². The van der Waals surface area contributed by atoms with Crippen LogP contribution in [0, 0.1) is 4.77 Å². The van der Waals surface area contributed by atoms with Crippen molar-refractivity contribution in [2.45, 2.75) is 6.92 Å². The van der Waals surface area contributed by atoms with Crippen molar-refractivity contribution in [1.29, 1.82) is 0 Å². The van der Waals surface area contributed by atoms with Gasteiger partial charge >= 0.3 is 0 Å². The van der Waals surface area contributed by atoms with Crippen molar-refractivity contribution in [1.82, 2.24) is 9.55 Å². The molecule has 0 saturated heterocycles. The third kappa shape index (κ3) is 2.58. The van der Waals surface area contributed by atoms with Crippen LogP contribution in [0.25, 0.3) is 16.7 Å². The van der Waals surface area contributed by atoms with E-state index in [4.69, 9.17) is 33.3 Å². The van der Waals surface area contributed by atoms with Crippen molar-refractivity contribution >= 4 is 34.9 Å². The Hall–Kier alpha value is -1.98. The molecule has 0 spiro atoms. The van der Waals surface area contributed by atoms with E-state index in [9.17, 15) is 0 Å². The SMILES string of the molecule is CCOc1ccc(-n2c(=S)[nH]c3c(OC)cc(Cl)cc32)cc1. The van der Waals surface area contributed by atoms with Crippen LogP contribution < -0.4 is 9.47 Å². The molecule has 0 atom stereocenters. The highest BCUT2D eigenvalue weighted by Gasteiger charge is 2.12. The lowest BCUT2D eigenvalue weighted by Crippen LogP contribution is -1.96. The number of halogens is 1. The molecule has 114 valence electrons. The summed E-state index contributed by atoms with van der Waals surface area (Å²) < 4.78 is 13.3. The molecule has 1 heterocycles. The zero-order valence-electron chi connectivity index (χ0n) is 12.2. The Morgan fingerprint density at radius 1 is 1.23 bits per heavy atom. The van der Waals surface area contributed by atoms with Gasteiger partial charge in [0.2, 0.25) is 0 Å². The Bertz CT molecular complexity index is 868. The summed E-state index contributed by atoms with van der Waals surface area (Å²) in [5.74, 6) is 1.49. The minimum atomic E-state index is 0.583. The number of hydrogen-bond acceptors (Lipinski definition) is 3. The van der Waals surface area contributed by atoms with E-state index >= 15 is 0 Å². The summed E-state index contributed by atoms with van der Waals surface area (Å²) in [5.41, 5.74) is 2.63. The number of hydrogen-bond donors (Lipinski definition) is 1. The van der Waals surface area contributed by atoms with Crippen LogP contribution in [-0.2, 0) is 0 Å². The van der Waals surface area contributed by atoms with Gasteiger partial charge in [0.05, 0.1) is 19.2 Å². The summed E-state index contributed by atoms with van der Waals surface area (Å²) in [6.07, 6.45) is 0. The molecule has 1 aromatic heterocycles. The predicted molar refractivity (Wildman–Crippen MR) is 91.2 cm³/mol. The number of fused-ring (bicyclic) bond motifs is 1. The first-order chi connectivity index (χ1) is 10.6. The van der Waals surface area contributed by atoms with Gasteiger partial charge in [-0.05, 0) is 49.5 Å². The lowest BCUT2D eigenvalue weighted by molar-refractivity contribution is 0.340. The molecule has 0 unspecified atom stereocenters. The molecule has 0 aliphatic carbocycles. The number of rotatable bonds is 4. The maximum absolute atomic E-state index is 6.18. The van der Waals surface area contributed by atoms with Gasteiger partial charge in [-0.3, -0.25) is 4.57 Å². The minimum Gasteiger partial charge on any atom is -0.494 e. The predicted octanol–water partition coefficient (Wildman–Crippen LogP) is 4.75. The van der Waals surface area contributed by atoms with Crippen molar-refractivity contribution in [3.05, 3.63) is 46.2 Å². The molecule has 22 heavy (non-hydrogen) atoms. The van der Waals surface area contributed by atoms with Crippen LogP contribution in [0.3, 0.4) is 0 Å². The zero-order valence-corrected chi connectivity index (χ0v) is 13.8. The second-order valence-electron chi connectivity index (χ2n) is 4.69. The van der Waals surface area contributed by atoms with Gasteiger partial charge < -0.3 is 14.5 Å². The van der Waals surface area contributed by atoms with E-state index in [0.29, 0.717) is 22.2 Å². The maximum Gasteiger partial charge on any atom is 0.182 e.